The van der Waals surface area contributed by atoms with E-state index in [1.807, 2.05) is 11.8 Å². The Kier molecular flexibility index (Phi) is 4.48. The molecule has 2 atom stereocenters. The molecular formula is C17H26N2O. The van der Waals surface area contributed by atoms with Crippen LogP contribution in [0.5, 0.6) is 0 Å². The molecule has 20 heavy (non-hydrogen) atoms. The summed E-state index contributed by atoms with van der Waals surface area (Å²) in [6.07, 6.45) is 0.924. The Hall–Kier alpha value is -1.35. The fourth-order valence-electron chi connectivity index (χ4n) is 3.05. The van der Waals surface area contributed by atoms with Crippen LogP contribution in [0, 0.1) is 19.8 Å². The Bertz CT molecular complexity index is 496. The number of carbonyl (C=O) groups is 1. The van der Waals surface area contributed by atoms with E-state index in [9.17, 15) is 4.79 Å². The predicted octanol–water partition coefficient (Wildman–Crippen LogP) is 3.17. The van der Waals surface area contributed by atoms with E-state index in [-0.39, 0.29) is 18.1 Å². The topological polar surface area (TPSA) is 32.3 Å². The largest absolute Gasteiger partial charge is 0.322 e. The van der Waals surface area contributed by atoms with Crippen molar-refractivity contribution in [2.45, 2.75) is 53.2 Å². The number of hydrogen-bond donors (Lipinski definition) is 1. The standard InChI is InChI=1S/C17H26N2O/c1-6-19-16(14-8-7-12(4)10-13(14)5)18-15(17(19)20)9-11(2)3/h7-8,10-11,15-16,18H,6,9H2,1-5H3. The zero-order chi connectivity index (χ0) is 14.9. The number of likely N-dealkylation sites (N-methyl/N-ethyl adjacent to an activating group) is 1. The van der Waals surface area contributed by atoms with E-state index in [4.69, 9.17) is 0 Å². The van der Waals surface area contributed by atoms with Gasteiger partial charge < -0.3 is 4.90 Å². The van der Waals surface area contributed by atoms with E-state index in [0.29, 0.717) is 5.92 Å². The maximum Gasteiger partial charge on any atom is 0.241 e. The number of amides is 1. The van der Waals surface area contributed by atoms with Gasteiger partial charge in [0.25, 0.3) is 0 Å². The highest BCUT2D eigenvalue weighted by Gasteiger charge is 2.39. The van der Waals surface area contributed by atoms with Crippen LogP contribution in [0.25, 0.3) is 0 Å². The Morgan fingerprint density at radius 3 is 2.55 bits per heavy atom. The molecule has 3 heteroatoms. The number of rotatable bonds is 4. The van der Waals surface area contributed by atoms with Crippen LogP contribution in [0.4, 0.5) is 0 Å². The minimum absolute atomic E-state index is 0.0249. The Balaban J connectivity index is 2.28. The lowest BCUT2D eigenvalue weighted by atomic mass is 10.0. The molecule has 1 fully saturated rings. The van der Waals surface area contributed by atoms with Crippen LogP contribution < -0.4 is 5.32 Å². The average Bonchev–Trinajstić information content (AvgIpc) is 2.65. The lowest BCUT2D eigenvalue weighted by molar-refractivity contribution is -0.130. The van der Waals surface area contributed by atoms with Gasteiger partial charge in [0, 0.05) is 6.54 Å². The number of benzene rings is 1. The van der Waals surface area contributed by atoms with Gasteiger partial charge in [-0.05, 0) is 44.2 Å². The Morgan fingerprint density at radius 1 is 1.30 bits per heavy atom. The van der Waals surface area contributed by atoms with Crippen molar-refractivity contribution >= 4 is 5.91 Å². The van der Waals surface area contributed by atoms with Crippen LogP contribution in [0.15, 0.2) is 18.2 Å². The quantitative estimate of drug-likeness (QED) is 0.914. The molecule has 1 aromatic carbocycles. The van der Waals surface area contributed by atoms with Crippen molar-refractivity contribution in [2.24, 2.45) is 5.92 Å². The molecule has 0 saturated carbocycles. The summed E-state index contributed by atoms with van der Waals surface area (Å²) in [6, 6.07) is 6.42. The molecule has 0 bridgehead atoms. The first-order valence-electron chi connectivity index (χ1n) is 7.57. The van der Waals surface area contributed by atoms with E-state index in [2.05, 4.69) is 51.2 Å². The lowest BCUT2D eigenvalue weighted by Crippen LogP contribution is -2.31. The summed E-state index contributed by atoms with van der Waals surface area (Å²) < 4.78 is 0. The highest BCUT2D eigenvalue weighted by Crippen LogP contribution is 2.29. The van der Waals surface area contributed by atoms with Gasteiger partial charge in [0.2, 0.25) is 5.91 Å². The van der Waals surface area contributed by atoms with Crippen LogP contribution in [0.1, 0.15) is 50.0 Å². The molecule has 1 aliphatic rings. The summed E-state index contributed by atoms with van der Waals surface area (Å²) >= 11 is 0. The van der Waals surface area contributed by atoms with Crippen molar-refractivity contribution in [3.05, 3.63) is 34.9 Å². The second-order valence-electron chi connectivity index (χ2n) is 6.24. The number of hydrogen-bond acceptors (Lipinski definition) is 2. The summed E-state index contributed by atoms with van der Waals surface area (Å²) in [4.78, 5) is 14.5. The molecule has 0 aliphatic carbocycles. The smallest absolute Gasteiger partial charge is 0.241 e. The Morgan fingerprint density at radius 2 is 2.00 bits per heavy atom. The second-order valence-corrected chi connectivity index (χ2v) is 6.24. The SMILES string of the molecule is CCN1C(=O)C(CC(C)C)NC1c1ccc(C)cc1C. The molecule has 1 aliphatic heterocycles. The molecule has 2 unspecified atom stereocenters. The van der Waals surface area contributed by atoms with Gasteiger partial charge in [-0.15, -0.1) is 0 Å². The van der Waals surface area contributed by atoms with Gasteiger partial charge in [0.05, 0.1) is 6.04 Å². The molecule has 1 N–H and O–H groups in total. The van der Waals surface area contributed by atoms with E-state index in [0.717, 1.165) is 13.0 Å². The molecule has 0 spiro atoms. The fraction of sp³-hybridized carbons (Fsp3) is 0.588. The third-order valence-corrected chi connectivity index (χ3v) is 4.02. The number of aryl methyl sites for hydroxylation is 2. The average molecular weight is 274 g/mol. The summed E-state index contributed by atoms with van der Waals surface area (Å²) in [5, 5.41) is 3.53. The van der Waals surface area contributed by atoms with Gasteiger partial charge in [-0.1, -0.05) is 37.6 Å². The molecule has 0 radical (unpaired) electrons. The molecule has 1 saturated heterocycles. The van der Waals surface area contributed by atoms with Gasteiger partial charge in [0.15, 0.2) is 0 Å². The summed E-state index contributed by atoms with van der Waals surface area (Å²) in [7, 11) is 0. The highest BCUT2D eigenvalue weighted by atomic mass is 16.2. The van der Waals surface area contributed by atoms with Crippen molar-refractivity contribution in [3.63, 3.8) is 0 Å². The maximum atomic E-state index is 12.5. The minimum Gasteiger partial charge on any atom is -0.322 e. The number of nitrogens with zero attached hydrogens (tertiary/aromatic N) is 1. The van der Waals surface area contributed by atoms with E-state index < -0.39 is 0 Å². The van der Waals surface area contributed by atoms with Crippen LogP contribution in [-0.2, 0) is 4.79 Å². The van der Waals surface area contributed by atoms with Crippen molar-refractivity contribution in [3.8, 4) is 0 Å². The van der Waals surface area contributed by atoms with Crippen LogP contribution >= 0.6 is 0 Å². The third kappa shape index (κ3) is 2.88. The molecule has 0 aromatic heterocycles. The molecule has 110 valence electrons. The first-order valence-corrected chi connectivity index (χ1v) is 7.57. The van der Waals surface area contributed by atoms with Gasteiger partial charge in [-0.3, -0.25) is 10.1 Å². The van der Waals surface area contributed by atoms with Gasteiger partial charge in [-0.2, -0.15) is 0 Å². The van der Waals surface area contributed by atoms with Gasteiger partial charge >= 0.3 is 0 Å². The normalized spacial score (nSPS) is 22.9. The lowest BCUT2D eigenvalue weighted by Gasteiger charge is -2.24. The molecule has 1 amide bonds. The van der Waals surface area contributed by atoms with Crippen molar-refractivity contribution in [2.75, 3.05) is 6.54 Å². The zero-order valence-corrected chi connectivity index (χ0v) is 13.2. The fourth-order valence-corrected chi connectivity index (χ4v) is 3.05. The molecule has 3 nitrogen and oxygen atoms in total. The van der Waals surface area contributed by atoms with Gasteiger partial charge in [-0.25, -0.2) is 0 Å². The van der Waals surface area contributed by atoms with Crippen molar-refractivity contribution in [1.82, 2.24) is 10.2 Å². The first kappa shape index (κ1) is 15.0. The van der Waals surface area contributed by atoms with Gasteiger partial charge in [0.1, 0.15) is 6.17 Å². The molecule has 1 aromatic rings. The summed E-state index contributed by atoms with van der Waals surface area (Å²) in [5.74, 6) is 0.763. The number of nitrogens with one attached hydrogen (secondary N) is 1. The Labute approximate surface area is 122 Å². The maximum absolute atomic E-state index is 12.5. The van der Waals surface area contributed by atoms with E-state index in [1.165, 1.54) is 16.7 Å². The van der Waals surface area contributed by atoms with Crippen LogP contribution in [0.3, 0.4) is 0 Å². The summed E-state index contributed by atoms with van der Waals surface area (Å²) in [5.41, 5.74) is 3.73. The van der Waals surface area contributed by atoms with Crippen molar-refractivity contribution < 1.29 is 4.79 Å². The van der Waals surface area contributed by atoms with Crippen LogP contribution in [0.2, 0.25) is 0 Å². The summed E-state index contributed by atoms with van der Waals surface area (Å²) in [6.45, 7) is 11.3. The molecule has 2 rings (SSSR count). The highest BCUT2D eigenvalue weighted by molar-refractivity contribution is 5.84. The van der Waals surface area contributed by atoms with Crippen LogP contribution in [-0.4, -0.2) is 23.4 Å². The molecule has 1 heterocycles. The van der Waals surface area contributed by atoms with Crippen molar-refractivity contribution in [1.29, 1.82) is 0 Å². The first-order chi connectivity index (χ1) is 9.43. The third-order valence-electron chi connectivity index (χ3n) is 4.02. The number of carbonyl (C=O) groups excluding carboxylic acids is 1. The predicted molar refractivity (Wildman–Crippen MR) is 82.4 cm³/mol. The van der Waals surface area contributed by atoms with E-state index >= 15 is 0 Å². The second kappa shape index (κ2) is 5.96. The minimum atomic E-state index is -0.0411. The monoisotopic (exact) mass is 274 g/mol. The zero-order valence-electron chi connectivity index (χ0n) is 13.2. The van der Waals surface area contributed by atoms with E-state index in [1.54, 1.807) is 0 Å². The molecular weight excluding hydrogens is 248 g/mol.